The molecular weight excluding hydrogens is 597 g/mol. The third kappa shape index (κ3) is 10.5. The first-order valence-electron chi connectivity index (χ1n) is 13.2. The van der Waals surface area contributed by atoms with E-state index in [0.29, 0.717) is 11.5 Å². The van der Waals surface area contributed by atoms with Crippen LogP contribution >= 0.6 is 18.6 Å². The van der Waals surface area contributed by atoms with E-state index in [9.17, 15) is 4.79 Å². The van der Waals surface area contributed by atoms with E-state index in [1.165, 1.54) is 32.6 Å². The second-order valence-electron chi connectivity index (χ2n) is 9.40. The summed E-state index contributed by atoms with van der Waals surface area (Å²) in [6, 6.07) is 46.5. The fourth-order valence-electron chi connectivity index (χ4n) is 4.41. The predicted octanol–water partition coefficient (Wildman–Crippen LogP) is 8.78. The number of hydrogen-bond donors (Lipinski definition) is 0. The van der Waals surface area contributed by atoms with Gasteiger partial charge in [0.15, 0.2) is 0 Å². The Morgan fingerprint density at radius 2 is 1.27 bits per heavy atom. The van der Waals surface area contributed by atoms with Gasteiger partial charge in [-0.05, 0) is 17.9 Å². The monoisotopic (exact) mass is 627 g/mol. The molecule has 5 aromatic carbocycles. The van der Waals surface area contributed by atoms with Crippen molar-refractivity contribution in [1.82, 2.24) is 0 Å². The first-order chi connectivity index (χ1) is 19.9. The van der Waals surface area contributed by atoms with Gasteiger partial charge in [-0.3, -0.25) is 0 Å². The predicted molar refractivity (Wildman–Crippen MR) is 172 cm³/mol. The zero-order valence-corrected chi connectivity index (χ0v) is 27.1. The Balaban J connectivity index is 0.000000161. The largest absolute Gasteiger partial charge is 0.179 e. The van der Waals surface area contributed by atoms with Gasteiger partial charge < -0.3 is 10.5 Å². The first-order valence-corrected chi connectivity index (χ1v) is 18.5. The molecule has 5 aromatic rings. The summed E-state index contributed by atoms with van der Waals surface area (Å²) >= 11 is -0.556. The van der Waals surface area contributed by atoms with E-state index >= 15 is 0 Å². The van der Waals surface area contributed by atoms with E-state index in [1.54, 1.807) is 12.1 Å². The maximum atomic E-state index is 10.8. The molecule has 0 aromatic heterocycles. The third-order valence-corrected chi connectivity index (χ3v) is 7.52. The Kier molecular flexibility index (Phi) is 14.1. The summed E-state index contributed by atoms with van der Waals surface area (Å²) < 4.78 is 0. The van der Waals surface area contributed by atoms with Crippen molar-refractivity contribution in [2.45, 2.75) is 26.2 Å². The molecule has 2 nitrogen and oxygen atoms in total. The van der Waals surface area contributed by atoms with Crippen molar-refractivity contribution in [3.8, 4) is 11.1 Å². The van der Waals surface area contributed by atoms with Gasteiger partial charge >= 0.3 is 35.6 Å². The van der Waals surface area contributed by atoms with Crippen LogP contribution in [0.25, 0.3) is 16.9 Å². The summed E-state index contributed by atoms with van der Waals surface area (Å²) in [7, 11) is 10.6. The molecule has 0 bridgehead atoms. The number of amides is 1. The second kappa shape index (κ2) is 17.8. The van der Waals surface area contributed by atoms with Crippen molar-refractivity contribution in [1.29, 1.82) is 0 Å². The zero-order chi connectivity index (χ0) is 29.5. The minimum absolute atomic E-state index is 0.301. The van der Waals surface area contributed by atoms with E-state index in [4.69, 9.17) is 24.3 Å². The second-order valence-corrected chi connectivity index (χ2v) is 13.4. The summed E-state index contributed by atoms with van der Waals surface area (Å²) in [5.41, 5.74) is 14.0. The van der Waals surface area contributed by atoms with Crippen LogP contribution in [0, 0.1) is 6.07 Å². The molecule has 1 amide bonds. The number of fused-ring (bicyclic) bond motifs is 3. The normalized spacial score (nSPS) is 10.4. The van der Waals surface area contributed by atoms with Crippen LogP contribution in [-0.2, 0) is 23.5 Å². The summed E-state index contributed by atoms with van der Waals surface area (Å²) in [4.78, 5) is 10.8. The maximum absolute atomic E-state index is 10.8. The third-order valence-electron chi connectivity index (χ3n) is 6.28. The fraction of sp³-hybridized carbons (Fsp3) is 0.114. The summed E-state index contributed by atoms with van der Waals surface area (Å²) in [5, 5.41) is 2.79. The van der Waals surface area contributed by atoms with Gasteiger partial charge in [0.05, 0.1) is 5.91 Å². The molecule has 206 valence electrons. The van der Waals surface area contributed by atoms with E-state index < -0.39 is 22.9 Å². The topological polar surface area (TPSA) is 40.9 Å². The number of carbonyl (C=O) groups excluding carboxylic acids is 1. The Morgan fingerprint density at radius 3 is 1.83 bits per heavy atom. The molecule has 0 atom stereocenters. The van der Waals surface area contributed by atoms with Gasteiger partial charge in [0.25, 0.3) is 0 Å². The van der Waals surface area contributed by atoms with E-state index in [0.717, 1.165) is 21.5 Å². The molecule has 1 aliphatic rings. The molecule has 0 saturated heterocycles. The molecular formula is C35H31Cl2NOSiTi-2. The minimum atomic E-state index is -0.598. The van der Waals surface area contributed by atoms with Gasteiger partial charge in [0.1, 0.15) is 9.52 Å². The molecule has 6 rings (SSSR count). The molecule has 0 fully saturated rings. The van der Waals surface area contributed by atoms with Crippen molar-refractivity contribution in [2.75, 3.05) is 0 Å². The van der Waals surface area contributed by atoms with Crippen LogP contribution in [0.1, 0.15) is 46.8 Å². The van der Waals surface area contributed by atoms with Crippen molar-refractivity contribution >= 4 is 44.4 Å². The molecule has 41 heavy (non-hydrogen) atoms. The van der Waals surface area contributed by atoms with Crippen LogP contribution in [0.5, 0.6) is 0 Å². The van der Waals surface area contributed by atoms with Gasteiger partial charge in [-0.2, -0.15) is 29.8 Å². The van der Waals surface area contributed by atoms with Crippen LogP contribution in [0.3, 0.4) is 0 Å². The van der Waals surface area contributed by atoms with Crippen LogP contribution < -0.4 is 10.4 Å². The fourth-order valence-corrected chi connectivity index (χ4v) is 5.47. The number of halogens is 2. The number of benzene rings is 5. The average molecular weight is 628 g/mol. The molecule has 0 aliphatic heterocycles. The van der Waals surface area contributed by atoms with Gasteiger partial charge in [-0.1, -0.05) is 145 Å². The number of nitrogens with one attached hydrogen (secondary N) is 1. The van der Waals surface area contributed by atoms with Gasteiger partial charge in [0.2, 0.25) is 0 Å². The Labute approximate surface area is 263 Å². The summed E-state index contributed by atoms with van der Waals surface area (Å²) in [5.74, 6) is -0.296. The molecule has 0 saturated carbocycles. The van der Waals surface area contributed by atoms with Gasteiger partial charge in [-0.25, -0.2) is 0 Å². The summed E-state index contributed by atoms with van der Waals surface area (Å²) in [6.07, 6.45) is 1.05. The Bertz CT molecular complexity index is 1420. The quantitative estimate of drug-likeness (QED) is 0.142. The number of carbonyl (C=O) groups is 1. The SMILES string of the molecule is CC(C)c1ccccc1C([NH-])=O.[Cl][Ti][Cl].[c-]1cccc2c1Cc1ccccc1-2.c1ccc([Si]c2ccccc2)cc1. The Morgan fingerprint density at radius 1 is 0.756 bits per heavy atom. The number of rotatable bonds is 4. The molecule has 0 heterocycles. The van der Waals surface area contributed by atoms with Gasteiger partial charge in [-0.15, -0.1) is 5.56 Å². The van der Waals surface area contributed by atoms with Crippen LogP contribution in [-0.4, -0.2) is 15.4 Å². The van der Waals surface area contributed by atoms with E-state index in [-0.39, 0.29) is 0 Å². The molecule has 2 radical (unpaired) electrons. The van der Waals surface area contributed by atoms with Crippen molar-refractivity contribution < 1.29 is 21.8 Å². The summed E-state index contributed by atoms with van der Waals surface area (Å²) in [6.45, 7) is 4.03. The van der Waals surface area contributed by atoms with E-state index in [2.05, 4.69) is 103 Å². The van der Waals surface area contributed by atoms with Crippen molar-refractivity contribution in [3.05, 3.63) is 161 Å². The van der Waals surface area contributed by atoms with Crippen LogP contribution in [0.15, 0.2) is 127 Å². The van der Waals surface area contributed by atoms with Gasteiger partial charge in [0, 0.05) is 5.56 Å². The van der Waals surface area contributed by atoms with Crippen LogP contribution in [0.4, 0.5) is 0 Å². The minimum Gasteiger partial charge on any atom is -0.179 e. The maximum Gasteiger partial charge on any atom is 0.121 e. The smallest absolute Gasteiger partial charge is 0.121 e. The van der Waals surface area contributed by atoms with E-state index in [1.807, 2.05) is 32.0 Å². The molecule has 1 N–H and O–H groups in total. The average Bonchev–Trinajstić information content (AvgIpc) is 3.38. The number of hydrogen-bond acceptors (Lipinski definition) is 1. The molecule has 0 spiro atoms. The first kappa shape index (κ1) is 32.6. The zero-order valence-electron chi connectivity index (χ0n) is 23.1. The molecule has 1 aliphatic carbocycles. The van der Waals surface area contributed by atoms with Crippen molar-refractivity contribution in [2.24, 2.45) is 0 Å². The standard InChI is InChI=1S/C13H9.C12H10Si.C10H13NO.2ClH.Ti/c1-3-7-12-10(5-1)9-11-6-2-4-8-13(11)12;1-3-7-11(8-4-1)13-12-9-5-2-6-10-12;1-7(2)8-5-3-4-6-9(8)10(11)12;;;/h1-5,7-8H,9H2;1-10H;3-7H,1-2H3,(H2,11,12);2*1H;/q-1;;;;;+2/p-3. The molecule has 6 heteroatoms. The molecule has 0 unspecified atom stereocenters. The Hall–Kier alpha value is -2.92. The van der Waals surface area contributed by atoms with Crippen molar-refractivity contribution in [3.63, 3.8) is 0 Å². The van der Waals surface area contributed by atoms with Crippen LogP contribution in [0.2, 0.25) is 0 Å².